The second-order valence-electron chi connectivity index (χ2n) is 6.86. The van der Waals surface area contributed by atoms with Gasteiger partial charge in [0.1, 0.15) is 5.82 Å². The van der Waals surface area contributed by atoms with Crippen molar-refractivity contribution in [3.8, 4) is 0 Å². The molecule has 0 bridgehead atoms. The van der Waals surface area contributed by atoms with Crippen LogP contribution >= 0.6 is 11.8 Å². The van der Waals surface area contributed by atoms with Crippen LogP contribution in [0.3, 0.4) is 0 Å². The number of carbonyl (C=O) groups excluding carboxylic acids is 2. The molecule has 160 valence electrons. The fourth-order valence-corrected chi connectivity index (χ4v) is 3.69. The molecule has 1 aromatic heterocycles. The summed E-state index contributed by atoms with van der Waals surface area (Å²) >= 11 is 1.30. The molecule has 0 aliphatic rings. The zero-order chi connectivity index (χ0) is 22.1. The summed E-state index contributed by atoms with van der Waals surface area (Å²) in [6, 6.07) is 17.0. The highest BCUT2D eigenvalue weighted by atomic mass is 32.2. The van der Waals surface area contributed by atoms with Crippen LogP contribution in [0.1, 0.15) is 17.8 Å². The Kier molecular flexibility index (Phi) is 8.00. The van der Waals surface area contributed by atoms with E-state index in [9.17, 15) is 9.59 Å². The topological polar surface area (TPSA) is 88.9 Å². The molecule has 0 saturated carbocycles. The number of carbonyl (C=O) groups is 2. The summed E-state index contributed by atoms with van der Waals surface area (Å²) in [5.74, 6) is 0.686. The van der Waals surface area contributed by atoms with Crippen LogP contribution in [0.2, 0.25) is 0 Å². The summed E-state index contributed by atoms with van der Waals surface area (Å²) < 4.78 is 1.88. The Morgan fingerprint density at radius 1 is 1.03 bits per heavy atom. The molecule has 0 unspecified atom stereocenters. The molecule has 0 spiro atoms. The fraction of sp³-hybridized carbons (Fsp3) is 0.217. The summed E-state index contributed by atoms with van der Waals surface area (Å²) in [4.78, 5) is 24.6. The van der Waals surface area contributed by atoms with E-state index in [4.69, 9.17) is 0 Å². The summed E-state index contributed by atoms with van der Waals surface area (Å²) in [7, 11) is 0. The van der Waals surface area contributed by atoms with E-state index in [1.807, 2.05) is 66.1 Å². The Hall–Kier alpha value is -3.39. The first kappa shape index (κ1) is 22.3. The van der Waals surface area contributed by atoms with Crippen LogP contribution in [0.5, 0.6) is 0 Å². The molecule has 7 nitrogen and oxygen atoms in total. The lowest BCUT2D eigenvalue weighted by atomic mass is 10.2. The van der Waals surface area contributed by atoms with Crippen molar-refractivity contribution < 1.29 is 9.59 Å². The van der Waals surface area contributed by atoms with E-state index in [0.29, 0.717) is 23.9 Å². The van der Waals surface area contributed by atoms with Crippen molar-refractivity contribution in [3.05, 3.63) is 78.6 Å². The number of amides is 2. The molecule has 0 aliphatic heterocycles. The number of hydrogen-bond donors (Lipinski definition) is 2. The van der Waals surface area contributed by atoms with Gasteiger partial charge in [0.25, 0.3) is 0 Å². The molecule has 3 rings (SSSR count). The zero-order valence-electron chi connectivity index (χ0n) is 17.4. The van der Waals surface area contributed by atoms with Gasteiger partial charge >= 0.3 is 0 Å². The van der Waals surface area contributed by atoms with Crippen molar-refractivity contribution in [1.82, 2.24) is 14.8 Å². The Morgan fingerprint density at radius 3 is 2.52 bits per heavy atom. The molecule has 2 amide bonds. The zero-order valence-corrected chi connectivity index (χ0v) is 18.2. The van der Waals surface area contributed by atoms with E-state index in [1.165, 1.54) is 11.8 Å². The SMILES string of the molecule is C=CCn1c(CCC(=O)Nc2ccccc2C)nnc1SCC(=O)Nc1ccccc1. The Bertz CT molecular complexity index is 1050. The highest BCUT2D eigenvalue weighted by Crippen LogP contribution is 2.19. The number of rotatable bonds is 10. The standard InChI is InChI=1S/C23H25N5O2S/c1-3-15-28-20(13-14-21(29)25-19-12-8-7-9-17(19)2)26-27-23(28)31-16-22(30)24-18-10-5-4-6-11-18/h3-12H,1,13-16H2,2H3,(H,24,30)(H,25,29). The van der Waals surface area contributed by atoms with Gasteiger partial charge in [0.2, 0.25) is 11.8 Å². The van der Waals surface area contributed by atoms with Crippen LogP contribution in [0.15, 0.2) is 72.4 Å². The molecule has 2 aromatic carbocycles. The maximum atomic E-state index is 12.4. The molecule has 0 atom stereocenters. The minimum absolute atomic E-state index is 0.0844. The van der Waals surface area contributed by atoms with Crippen LogP contribution in [0, 0.1) is 6.92 Å². The first-order valence-electron chi connectivity index (χ1n) is 9.93. The number of benzene rings is 2. The van der Waals surface area contributed by atoms with Gasteiger partial charge in [0.15, 0.2) is 5.16 Å². The predicted octanol–water partition coefficient (Wildman–Crippen LogP) is 4.07. The maximum Gasteiger partial charge on any atom is 0.234 e. The number of anilines is 2. The van der Waals surface area contributed by atoms with E-state index < -0.39 is 0 Å². The van der Waals surface area contributed by atoms with Gasteiger partial charge in [-0.1, -0.05) is 54.2 Å². The number of thioether (sulfide) groups is 1. The van der Waals surface area contributed by atoms with E-state index in [-0.39, 0.29) is 24.0 Å². The summed E-state index contributed by atoms with van der Waals surface area (Å²) in [6.07, 6.45) is 2.46. The molecular weight excluding hydrogens is 410 g/mol. The smallest absolute Gasteiger partial charge is 0.234 e. The van der Waals surface area contributed by atoms with Gasteiger partial charge in [-0.3, -0.25) is 9.59 Å². The molecule has 1 heterocycles. The summed E-state index contributed by atoms with van der Waals surface area (Å²) in [6.45, 7) is 6.24. The highest BCUT2D eigenvalue weighted by molar-refractivity contribution is 7.99. The number of hydrogen-bond acceptors (Lipinski definition) is 5. The Morgan fingerprint density at radius 2 is 1.77 bits per heavy atom. The normalized spacial score (nSPS) is 10.5. The first-order chi connectivity index (χ1) is 15.1. The third-order valence-electron chi connectivity index (χ3n) is 4.49. The van der Waals surface area contributed by atoms with Crippen LogP contribution in [0.4, 0.5) is 11.4 Å². The molecule has 3 aromatic rings. The lowest BCUT2D eigenvalue weighted by Crippen LogP contribution is -2.15. The average molecular weight is 436 g/mol. The molecule has 0 fully saturated rings. The van der Waals surface area contributed by atoms with Crippen molar-refractivity contribution in [2.45, 2.75) is 31.5 Å². The van der Waals surface area contributed by atoms with E-state index >= 15 is 0 Å². The largest absolute Gasteiger partial charge is 0.326 e. The van der Waals surface area contributed by atoms with Gasteiger partial charge in [-0.15, -0.1) is 16.8 Å². The van der Waals surface area contributed by atoms with Gasteiger partial charge in [0.05, 0.1) is 5.75 Å². The predicted molar refractivity (Wildman–Crippen MR) is 124 cm³/mol. The minimum atomic E-state index is -0.122. The van der Waals surface area contributed by atoms with E-state index in [1.54, 1.807) is 6.08 Å². The van der Waals surface area contributed by atoms with Crippen LogP contribution in [0.25, 0.3) is 0 Å². The third kappa shape index (κ3) is 6.55. The molecule has 0 aliphatic carbocycles. The second kappa shape index (κ2) is 11.1. The molecule has 8 heteroatoms. The number of nitrogens with zero attached hydrogens (tertiary/aromatic N) is 3. The molecule has 2 N–H and O–H groups in total. The highest BCUT2D eigenvalue weighted by Gasteiger charge is 2.15. The van der Waals surface area contributed by atoms with Gasteiger partial charge in [-0.05, 0) is 30.7 Å². The lowest BCUT2D eigenvalue weighted by molar-refractivity contribution is -0.116. The lowest BCUT2D eigenvalue weighted by Gasteiger charge is -2.09. The van der Waals surface area contributed by atoms with Crippen molar-refractivity contribution >= 4 is 35.0 Å². The van der Waals surface area contributed by atoms with Crippen molar-refractivity contribution in [2.24, 2.45) is 0 Å². The molecule has 0 saturated heterocycles. The number of aromatic nitrogens is 3. The Labute approximate surface area is 186 Å². The van der Waals surface area contributed by atoms with Crippen LogP contribution in [-0.2, 0) is 22.6 Å². The van der Waals surface area contributed by atoms with Crippen molar-refractivity contribution in [2.75, 3.05) is 16.4 Å². The maximum absolute atomic E-state index is 12.4. The van der Waals surface area contributed by atoms with E-state index in [2.05, 4.69) is 27.4 Å². The third-order valence-corrected chi connectivity index (χ3v) is 5.46. The summed E-state index contributed by atoms with van der Waals surface area (Å²) in [5.41, 5.74) is 2.57. The van der Waals surface area contributed by atoms with Gasteiger partial charge < -0.3 is 15.2 Å². The number of allylic oxidation sites excluding steroid dienone is 1. The quantitative estimate of drug-likeness (QED) is 0.370. The molecule has 31 heavy (non-hydrogen) atoms. The second-order valence-corrected chi connectivity index (χ2v) is 7.81. The number of para-hydroxylation sites is 2. The van der Waals surface area contributed by atoms with Gasteiger partial charge in [-0.2, -0.15) is 0 Å². The number of aryl methyl sites for hydroxylation is 2. The minimum Gasteiger partial charge on any atom is -0.326 e. The van der Waals surface area contributed by atoms with Crippen LogP contribution in [-0.4, -0.2) is 32.3 Å². The fourth-order valence-electron chi connectivity index (χ4n) is 2.92. The Balaban J connectivity index is 1.56. The van der Waals surface area contributed by atoms with Crippen molar-refractivity contribution in [3.63, 3.8) is 0 Å². The van der Waals surface area contributed by atoms with Gasteiger partial charge in [-0.25, -0.2) is 0 Å². The average Bonchev–Trinajstić information content (AvgIpc) is 3.15. The molecule has 0 radical (unpaired) electrons. The van der Waals surface area contributed by atoms with Crippen molar-refractivity contribution in [1.29, 1.82) is 0 Å². The van der Waals surface area contributed by atoms with Crippen LogP contribution < -0.4 is 10.6 Å². The first-order valence-corrected chi connectivity index (χ1v) is 10.9. The number of nitrogens with one attached hydrogen (secondary N) is 2. The van der Waals surface area contributed by atoms with Gasteiger partial charge in [0, 0.05) is 30.8 Å². The van der Waals surface area contributed by atoms with E-state index in [0.717, 1.165) is 16.9 Å². The summed E-state index contributed by atoms with van der Waals surface area (Å²) in [5, 5.41) is 14.8. The molecular formula is C23H25N5O2S. The monoisotopic (exact) mass is 435 g/mol.